The molecule has 2 rings (SSSR count). The lowest BCUT2D eigenvalue weighted by Crippen LogP contribution is -2.21. The predicted molar refractivity (Wildman–Crippen MR) is 78.1 cm³/mol. The normalized spacial score (nSPS) is 10.3. The van der Waals surface area contributed by atoms with Gasteiger partial charge in [-0.1, -0.05) is 18.2 Å². The van der Waals surface area contributed by atoms with Crippen LogP contribution in [0.1, 0.15) is 23.1 Å². The highest BCUT2D eigenvalue weighted by molar-refractivity contribution is 5.91. The number of aromatic carboxylic acids is 1. The summed E-state index contributed by atoms with van der Waals surface area (Å²) in [5.41, 5.74) is 0.245. The number of carboxylic acids is 1. The Morgan fingerprint density at radius 3 is 2.78 bits per heavy atom. The number of benzene rings is 1. The zero-order chi connectivity index (χ0) is 17.0. The Morgan fingerprint density at radius 1 is 1.43 bits per heavy atom. The maximum Gasteiger partial charge on any atom is 0.358 e. The number of anilines is 1. The van der Waals surface area contributed by atoms with Gasteiger partial charge in [-0.2, -0.15) is 0 Å². The second-order valence-corrected chi connectivity index (χ2v) is 4.56. The van der Waals surface area contributed by atoms with E-state index in [1.165, 1.54) is 28.9 Å². The van der Waals surface area contributed by atoms with Crippen LogP contribution < -0.4 is 5.32 Å². The number of amides is 1. The number of non-ortho nitro benzene ring substituents is 1. The van der Waals surface area contributed by atoms with Crippen LogP contribution in [-0.4, -0.2) is 36.9 Å². The van der Waals surface area contributed by atoms with E-state index in [0.717, 1.165) is 0 Å². The van der Waals surface area contributed by atoms with Gasteiger partial charge in [0.1, 0.15) is 6.54 Å². The van der Waals surface area contributed by atoms with Gasteiger partial charge < -0.3 is 10.4 Å². The number of carbonyl (C=O) groups is 2. The van der Waals surface area contributed by atoms with Crippen molar-refractivity contribution in [3.63, 3.8) is 0 Å². The summed E-state index contributed by atoms with van der Waals surface area (Å²) < 4.78 is 1.19. The van der Waals surface area contributed by atoms with Gasteiger partial charge in [-0.05, 0) is 12.5 Å². The van der Waals surface area contributed by atoms with Crippen LogP contribution in [0.4, 0.5) is 11.4 Å². The van der Waals surface area contributed by atoms with Gasteiger partial charge in [0, 0.05) is 17.8 Å². The zero-order valence-electron chi connectivity index (χ0n) is 12.1. The summed E-state index contributed by atoms with van der Waals surface area (Å²) in [6.07, 6.45) is 0.346. The molecule has 0 saturated carbocycles. The van der Waals surface area contributed by atoms with Crippen LogP contribution in [0.3, 0.4) is 0 Å². The number of aromatic nitrogens is 3. The summed E-state index contributed by atoms with van der Waals surface area (Å²) in [5.74, 6) is -1.71. The first kappa shape index (κ1) is 16.1. The minimum atomic E-state index is -1.22. The van der Waals surface area contributed by atoms with Crippen molar-refractivity contribution in [1.29, 1.82) is 0 Å². The van der Waals surface area contributed by atoms with Crippen molar-refractivity contribution in [2.75, 3.05) is 5.32 Å². The summed E-state index contributed by atoms with van der Waals surface area (Å²) in [5, 5.41) is 29.4. The Morgan fingerprint density at radius 2 is 2.17 bits per heavy atom. The first-order valence-electron chi connectivity index (χ1n) is 6.62. The van der Waals surface area contributed by atoms with Gasteiger partial charge in [0.25, 0.3) is 5.69 Å². The quantitative estimate of drug-likeness (QED) is 0.599. The summed E-state index contributed by atoms with van der Waals surface area (Å²) in [4.78, 5) is 33.1. The molecule has 10 nitrogen and oxygen atoms in total. The lowest BCUT2D eigenvalue weighted by atomic mass is 10.2. The molecule has 1 heterocycles. The molecule has 0 radical (unpaired) electrons. The molecule has 2 N–H and O–H groups in total. The van der Waals surface area contributed by atoms with Crippen molar-refractivity contribution in [1.82, 2.24) is 15.0 Å². The molecule has 1 aromatic heterocycles. The van der Waals surface area contributed by atoms with Gasteiger partial charge in [-0.15, -0.1) is 5.10 Å². The molecule has 0 aliphatic rings. The van der Waals surface area contributed by atoms with Gasteiger partial charge in [-0.3, -0.25) is 14.9 Å². The smallest absolute Gasteiger partial charge is 0.358 e. The zero-order valence-corrected chi connectivity index (χ0v) is 12.1. The molecule has 0 spiro atoms. The molecule has 10 heteroatoms. The number of carboxylic acid groups (broad SMARTS) is 1. The van der Waals surface area contributed by atoms with Crippen molar-refractivity contribution < 1.29 is 19.6 Å². The van der Waals surface area contributed by atoms with Gasteiger partial charge in [0.2, 0.25) is 5.91 Å². The van der Waals surface area contributed by atoms with Crippen LogP contribution in [0, 0.1) is 10.1 Å². The molecule has 0 aliphatic heterocycles. The monoisotopic (exact) mass is 319 g/mol. The predicted octanol–water partition coefficient (Wildman–Crippen LogP) is 1.09. The van der Waals surface area contributed by atoms with Crippen molar-refractivity contribution in [3.05, 3.63) is 45.8 Å². The molecule has 0 unspecified atom stereocenters. The van der Waals surface area contributed by atoms with Crippen LogP contribution in [0.25, 0.3) is 0 Å². The summed E-state index contributed by atoms with van der Waals surface area (Å²) in [6.45, 7) is 1.48. The van der Waals surface area contributed by atoms with Gasteiger partial charge in [0.05, 0.1) is 10.6 Å². The third-order valence-corrected chi connectivity index (χ3v) is 3.01. The van der Waals surface area contributed by atoms with E-state index in [1.807, 2.05) is 0 Å². The Labute approximate surface area is 129 Å². The molecule has 120 valence electrons. The number of nitrogens with one attached hydrogen (secondary N) is 1. The Balaban J connectivity index is 2.13. The van der Waals surface area contributed by atoms with Crippen LogP contribution in [0.5, 0.6) is 0 Å². The number of nitro benzene ring substituents is 1. The van der Waals surface area contributed by atoms with Crippen LogP contribution in [0.2, 0.25) is 0 Å². The van der Waals surface area contributed by atoms with E-state index in [0.29, 0.717) is 12.1 Å². The average molecular weight is 319 g/mol. The van der Waals surface area contributed by atoms with E-state index >= 15 is 0 Å². The highest BCUT2D eigenvalue weighted by Gasteiger charge is 2.19. The number of rotatable bonds is 6. The van der Waals surface area contributed by atoms with E-state index in [1.54, 1.807) is 6.92 Å². The van der Waals surface area contributed by atoms with Crippen LogP contribution in [0.15, 0.2) is 24.3 Å². The maximum absolute atomic E-state index is 12.0. The fourth-order valence-electron chi connectivity index (χ4n) is 2.01. The second-order valence-electron chi connectivity index (χ2n) is 4.56. The Bertz CT molecular complexity index is 770. The molecule has 1 amide bonds. The van der Waals surface area contributed by atoms with Crippen LogP contribution in [-0.2, 0) is 17.8 Å². The minimum Gasteiger partial charge on any atom is -0.476 e. The molecule has 0 fully saturated rings. The lowest BCUT2D eigenvalue weighted by molar-refractivity contribution is -0.384. The maximum atomic E-state index is 12.0. The summed E-state index contributed by atoms with van der Waals surface area (Å²) in [6, 6.07) is 5.49. The number of carbonyl (C=O) groups excluding carboxylic acids is 1. The van der Waals surface area contributed by atoms with Gasteiger partial charge >= 0.3 is 5.97 Å². The molecule has 2 aromatic rings. The third kappa shape index (κ3) is 3.67. The molecular formula is C13H13N5O5. The van der Waals surface area contributed by atoms with Gasteiger partial charge in [0.15, 0.2) is 5.69 Å². The number of hydrogen-bond acceptors (Lipinski definition) is 6. The second kappa shape index (κ2) is 6.64. The first-order chi connectivity index (χ1) is 10.9. The van der Waals surface area contributed by atoms with Crippen molar-refractivity contribution in [3.8, 4) is 0 Å². The molecule has 0 bridgehead atoms. The van der Waals surface area contributed by atoms with Gasteiger partial charge in [-0.25, -0.2) is 9.48 Å². The largest absolute Gasteiger partial charge is 0.476 e. The fourth-order valence-corrected chi connectivity index (χ4v) is 2.01. The Hall–Kier alpha value is -3.30. The van der Waals surface area contributed by atoms with Crippen LogP contribution >= 0.6 is 0 Å². The first-order valence-corrected chi connectivity index (χ1v) is 6.62. The van der Waals surface area contributed by atoms with Crippen molar-refractivity contribution in [2.45, 2.75) is 19.9 Å². The third-order valence-electron chi connectivity index (χ3n) is 3.01. The van der Waals surface area contributed by atoms with E-state index in [-0.39, 0.29) is 23.6 Å². The van der Waals surface area contributed by atoms with Crippen molar-refractivity contribution in [2.24, 2.45) is 0 Å². The lowest BCUT2D eigenvalue weighted by Gasteiger charge is -2.07. The topological polar surface area (TPSA) is 140 Å². The number of hydrogen-bond donors (Lipinski definition) is 2. The van der Waals surface area contributed by atoms with E-state index < -0.39 is 16.8 Å². The average Bonchev–Trinajstić information content (AvgIpc) is 2.90. The molecule has 0 atom stereocenters. The highest BCUT2D eigenvalue weighted by atomic mass is 16.6. The minimum absolute atomic E-state index is 0.147. The van der Waals surface area contributed by atoms with E-state index in [4.69, 9.17) is 5.11 Å². The standard InChI is InChI=1S/C13H13N5O5/c1-2-10-12(13(20)21)15-16-17(10)7-11(19)14-8-4-3-5-9(6-8)18(22)23/h3-6H,2,7H2,1H3,(H,14,19)(H,20,21). The highest BCUT2D eigenvalue weighted by Crippen LogP contribution is 2.17. The summed E-state index contributed by atoms with van der Waals surface area (Å²) in [7, 11) is 0. The van der Waals surface area contributed by atoms with E-state index in [2.05, 4.69) is 15.6 Å². The molecular weight excluding hydrogens is 306 g/mol. The number of nitrogens with zero attached hydrogens (tertiary/aromatic N) is 4. The van der Waals surface area contributed by atoms with E-state index in [9.17, 15) is 19.7 Å². The molecule has 0 saturated heterocycles. The molecule has 1 aromatic carbocycles. The molecule has 23 heavy (non-hydrogen) atoms. The molecule has 0 aliphatic carbocycles. The number of nitro groups is 1. The Kier molecular flexibility index (Phi) is 4.64. The fraction of sp³-hybridized carbons (Fsp3) is 0.231. The SMILES string of the molecule is CCc1c(C(=O)O)nnn1CC(=O)Nc1cccc([N+](=O)[O-])c1. The summed E-state index contributed by atoms with van der Waals surface area (Å²) >= 11 is 0. The van der Waals surface area contributed by atoms with Crippen molar-refractivity contribution >= 4 is 23.3 Å².